The Hall–Kier alpha value is -3.70. The second-order valence-electron chi connectivity index (χ2n) is 6.48. The number of pyridine rings is 1. The molecular weight excluding hydrogens is 370 g/mol. The fourth-order valence-corrected chi connectivity index (χ4v) is 2.69. The van der Waals surface area contributed by atoms with Crippen LogP contribution in [-0.2, 0) is 4.74 Å². The summed E-state index contributed by atoms with van der Waals surface area (Å²) >= 11 is 0. The number of methoxy groups -OCH3 is 1. The number of nitriles is 1. The summed E-state index contributed by atoms with van der Waals surface area (Å²) in [6, 6.07) is 12.1. The Morgan fingerprint density at radius 2 is 2.03 bits per heavy atom. The van der Waals surface area contributed by atoms with Crippen molar-refractivity contribution in [2.45, 2.75) is 19.4 Å². The van der Waals surface area contributed by atoms with Gasteiger partial charge < -0.3 is 15.2 Å². The van der Waals surface area contributed by atoms with Crippen molar-refractivity contribution in [3.8, 4) is 28.9 Å². The molecule has 2 heterocycles. The number of aromatic nitrogens is 3. The van der Waals surface area contributed by atoms with Crippen molar-refractivity contribution in [2.24, 2.45) is 0 Å². The number of rotatable bonds is 7. The number of hydrogen-bond donors (Lipinski definition) is 2. The Morgan fingerprint density at radius 3 is 2.66 bits per heavy atom. The number of ether oxygens (including phenoxy) is 1. The third-order valence-electron chi connectivity index (χ3n) is 4.53. The molecule has 3 rings (SSSR count). The highest BCUT2D eigenvalue weighted by Crippen LogP contribution is 2.30. The van der Waals surface area contributed by atoms with E-state index in [9.17, 15) is 9.90 Å². The number of carbonyl (C=O) groups excluding carboxylic acids is 1. The maximum absolute atomic E-state index is 12.2. The summed E-state index contributed by atoms with van der Waals surface area (Å²) in [5.41, 5.74) is 2.20. The number of nitrogens with one attached hydrogen (secondary N) is 1. The summed E-state index contributed by atoms with van der Waals surface area (Å²) in [4.78, 5) is 16.4. The summed E-state index contributed by atoms with van der Waals surface area (Å²) in [6.07, 6.45) is 3.75. The van der Waals surface area contributed by atoms with Crippen LogP contribution in [0.2, 0.25) is 0 Å². The molecule has 1 unspecified atom stereocenters. The minimum absolute atomic E-state index is 0.0730. The molecule has 0 saturated carbocycles. The summed E-state index contributed by atoms with van der Waals surface area (Å²) in [6.45, 7) is 2.44. The third kappa shape index (κ3) is 4.59. The number of aromatic hydroxyl groups is 1. The smallest absolute Gasteiger partial charge is 0.252 e. The lowest BCUT2D eigenvalue weighted by Gasteiger charge is -2.10. The Balaban J connectivity index is 1.72. The zero-order valence-electron chi connectivity index (χ0n) is 16.2. The zero-order chi connectivity index (χ0) is 20.8. The van der Waals surface area contributed by atoms with E-state index < -0.39 is 0 Å². The molecule has 0 saturated heterocycles. The van der Waals surface area contributed by atoms with Gasteiger partial charge in [0.25, 0.3) is 5.91 Å². The first kappa shape index (κ1) is 20.0. The van der Waals surface area contributed by atoms with Crippen LogP contribution >= 0.6 is 0 Å². The number of nitrogens with zero attached hydrogens (tertiary/aromatic N) is 4. The Morgan fingerprint density at radius 1 is 1.28 bits per heavy atom. The molecule has 1 amide bonds. The van der Waals surface area contributed by atoms with E-state index in [-0.39, 0.29) is 17.9 Å². The van der Waals surface area contributed by atoms with Crippen LogP contribution < -0.4 is 5.32 Å². The van der Waals surface area contributed by atoms with Gasteiger partial charge >= 0.3 is 0 Å². The van der Waals surface area contributed by atoms with E-state index in [1.54, 1.807) is 43.5 Å². The molecule has 2 N–H and O–H groups in total. The molecular formula is C21H21N5O3. The van der Waals surface area contributed by atoms with Gasteiger partial charge in [-0.15, -0.1) is 0 Å². The van der Waals surface area contributed by atoms with Crippen molar-refractivity contribution in [3.63, 3.8) is 0 Å². The lowest BCUT2D eigenvalue weighted by Crippen LogP contribution is -2.27. The van der Waals surface area contributed by atoms with Crippen LogP contribution in [0, 0.1) is 11.3 Å². The van der Waals surface area contributed by atoms with Gasteiger partial charge in [-0.2, -0.15) is 15.0 Å². The average molecular weight is 391 g/mol. The van der Waals surface area contributed by atoms with Crippen LogP contribution in [0.15, 0.2) is 48.8 Å². The quantitative estimate of drug-likeness (QED) is 0.640. The van der Waals surface area contributed by atoms with Gasteiger partial charge in [-0.25, -0.2) is 4.98 Å². The van der Waals surface area contributed by atoms with Crippen LogP contribution in [0.25, 0.3) is 16.9 Å². The van der Waals surface area contributed by atoms with Gasteiger partial charge in [-0.1, -0.05) is 12.1 Å². The first-order valence-electron chi connectivity index (χ1n) is 9.08. The Labute approximate surface area is 168 Å². The van der Waals surface area contributed by atoms with Crippen molar-refractivity contribution >= 4 is 5.91 Å². The van der Waals surface area contributed by atoms with Crippen LogP contribution in [0.1, 0.15) is 29.3 Å². The second kappa shape index (κ2) is 8.99. The van der Waals surface area contributed by atoms with Gasteiger partial charge in [0.2, 0.25) is 5.88 Å². The molecule has 2 aromatic heterocycles. The topological polar surface area (TPSA) is 113 Å². The summed E-state index contributed by atoms with van der Waals surface area (Å²) in [5.74, 6) is 0.0789. The van der Waals surface area contributed by atoms with Crippen molar-refractivity contribution in [1.29, 1.82) is 5.26 Å². The number of benzene rings is 1. The first-order valence-corrected chi connectivity index (χ1v) is 9.08. The van der Waals surface area contributed by atoms with E-state index in [1.807, 2.05) is 6.92 Å². The standard InChI is InChI=1S/C21H21N5O3/c1-14(29-2)9-10-23-20(27)17-7-8-19(24-12-17)26-21(28)18(13-25-26)16-5-3-15(11-22)4-6-16/h3-8,12-14,28H,9-10H2,1-2H3,(H,23,27). The Bertz CT molecular complexity index is 1020. The van der Waals surface area contributed by atoms with Crippen molar-refractivity contribution in [2.75, 3.05) is 13.7 Å². The van der Waals surface area contributed by atoms with Crippen LogP contribution in [0.4, 0.5) is 0 Å². The first-order chi connectivity index (χ1) is 14.0. The summed E-state index contributed by atoms with van der Waals surface area (Å²) < 4.78 is 6.44. The van der Waals surface area contributed by atoms with Gasteiger partial charge in [-0.3, -0.25) is 4.79 Å². The van der Waals surface area contributed by atoms with Gasteiger partial charge in [0, 0.05) is 19.9 Å². The lowest BCUT2D eigenvalue weighted by atomic mass is 10.1. The molecule has 0 aliphatic rings. The van der Waals surface area contributed by atoms with E-state index in [2.05, 4.69) is 21.5 Å². The zero-order valence-corrected chi connectivity index (χ0v) is 16.2. The van der Waals surface area contributed by atoms with Gasteiger partial charge in [0.15, 0.2) is 5.82 Å². The predicted molar refractivity (Wildman–Crippen MR) is 107 cm³/mol. The molecule has 0 radical (unpaired) electrons. The molecule has 8 nitrogen and oxygen atoms in total. The fourth-order valence-electron chi connectivity index (χ4n) is 2.69. The van der Waals surface area contributed by atoms with E-state index in [0.29, 0.717) is 35.5 Å². The summed E-state index contributed by atoms with van der Waals surface area (Å²) in [7, 11) is 1.63. The molecule has 1 aromatic carbocycles. The molecule has 0 fully saturated rings. The maximum atomic E-state index is 12.2. The van der Waals surface area contributed by atoms with Crippen LogP contribution in [-0.4, -0.2) is 45.5 Å². The highest BCUT2D eigenvalue weighted by Gasteiger charge is 2.15. The highest BCUT2D eigenvalue weighted by molar-refractivity contribution is 5.93. The minimum atomic E-state index is -0.227. The molecule has 29 heavy (non-hydrogen) atoms. The van der Waals surface area contributed by atoms with Crippen molar-refractivity contribution in [1.82, 2.24) is 20.1 Å². The molecule has 0 aliphatic carbocycles. The monoisotopic (exact) mass is 391 g/mol. The Kier molecular flexibility index (Phi) is 6.22. The molecule has 8 heteroatoms. The number of amides is 1. The minimum Gasteiger partial charge on any atom is -0.493 e. The van der Waals surface area contributed by atoms with Crippen LogP contribution in [0.5, 0.6) is 5.88 Å². The average Bonchev–Trinajstić information content (AvgIpc) is 3.14. The molecule has 3 aromatic rings. The van der Waals surface area contributed by atoms with Crippen molar-refractivity contribution < 1.29 is 14.6 Å². The molecule has 0 aliphatic heterocycles. The predicted octanol–water partition coefficient (Wildman–Crippen LogP) is 2.67. The highest BCUT2D eigenvalue weighted by atomic mass is 16.5. The van der Waals surface area contributed by atoms with E-state index in [1.165, 1.54) is 17.1 Å². The molecule has 0 spiro atoms. The van der Waals surface area contributed by atoms with E-state index >= 15 is 0 Å². The lowest BCUT2D eigenvalue weighted by molar-refractivity contribution is 0.0917. The summed E-state index contributed by atoms with van der Waals surface area (Å²) in [5, 5.41) is 26.4. The third-order valence-corrected chi connectivity index (χ3v) is 4.53. The maximum Gasteiger partial charge on any atom is 0.252 e. The number of carbonyl (C=O) groups is 1. The normalized spacial score (nSPS) is 11.6. The number of hydrogen-bond acceptors (Lipinski definition) is 6. The molecule has 148 valence electrons. The van der Waals surface area contributed by atoms with Crippen LogP contribution in [0.3, 0.4) is 0 Å². The van der Waals surface area contributed by atoms with E-state index in [0.717, 1.165) is 5.56 Å². The van der Waals surface area contributed by atoms with E-state index in [4.69, 9.17) is 10.00 Å². The molecule has 0 bridgehead atoms. The van der Waals surface area contributed by atoms with Crippen molar-refractivity contribution in [3.05, 3.63) is 59.9 Å². The largest absolute Gasteiger partial charge is 0.493 e. The molecule has 1 atom stereocenters. The van der Waals surface area contributed by atoms with Gasteiger partial charge in [-0.05, 0) is 43.2 Å². The second-order valence-corrected chi connectivity index (χ2v) is 6.48. The van der Waals surface area contributed by atoms with Gasteiger partial charge in [0.1, 0.15) is 0 Å². The fraction of sp³-hybridized carbons (Fsp3) is 0.238. The van der Waals surface area contributed by atoms with Gasteiger partial charge in [0.05, 0.1) is 35.1 Å². The SMILES string of the molecule is COC(C)CCNC(=O)c1ccc(-n2ncc(-c3ccc(C#N)cc3)c2O)nc1.